The minimum Gasteiger partial charge on any atom is -0.297 e. The molecular formula is C18H18ClN3OS. The molecule has 1 aromatic carbocycles. The van der Waals surface area contributed by atoms with E-state index in [9.17, 15) is 4.79 Å². The Morgan fingerprint density at radius 1 is 1.29 bits per heavy atom. The fraction of sp³-hybridized carbons (Fsp3) is 0.333. The molecule has 0 fully saturated rings. The zero-order valence-corrected chi connectivity index (χ0v) is 15.0. The Morgan fingerprint density at radius 2 is 2.17 bits per heavy atom. The molecule has 6 heteroatoms. The maximum atomic E-state index is 12.7. The quantitative estimate of drug-likeness (QED) is 0.703. The number of rotatable bonds is 2. The highest BCUT2D eigenvalue weighted by atomic mass is 35.5. The number of hydrogen-bond acceptors (Lipinski definition) is 4. The lowest BCUT2D eigenvalue weighted by atomic mass is 10.2. The average Bonchev–Trinajstić information content (AvgIpc) is 2.80. The van der Waals surface area contributed by atoms with Crippen molar-refractivity contribution < 1.29 is 0 Å². The molecule has 0 N–H and O–H groups in total. The van der Waals surface area contributed by atoms with Gasteiger partial charge in [0.05, 0.1) is 5.52 Å². The molecule has 1 aliphatic heterocycles. The van der Waals surface area contributed by atoms with Gasteiger partial charge in [0.2, 0.25) is 0 Å². The summed E-state index contributed by atoms with van der Waals surface area (Å²) >= 11 is 7.58. The predicted octanol–water partition coefficient (Wildman–Crippen LogP) is 3.48. The Balaban J connectivity index is 1.61. The first-order valence-electron chi connectivity index (χ1n) is 8.06. The number of aromatic nitrogens is 2. The molecule has 0 unspecified atom stereocenters. The van der Waals surface area contributed by atoms with E-state index in [-0.39, 0.29) is 5.56 Å². The van der Waals surface area contributed by atoms with Crippen molar-refractivity contribution in [3.8, 4) is 0 Å². The number of nitrogens with zero attached hydrogens (tertiary/aromatic N) is 3. The van der Waals surface area contributed by atoms with Gasteiger partial charge in [-0.3, -0.25) is 14.3 Å². The van der Waals surface area contributed by atoms with Crippen molar-refractivity contribution in [1.82, 2.24) is 14.5 Å². The lowest BCUT2D eigenvalue weighted by molar-refractivity contribution is 0.271. The van der Waals surface area contributed by atoms with E-state index in [1.54, 1.807) is 0 Å². The Kier molecular flexibility index (Phi) is 4.16. The van der Waals surface area contributed by atoms with E-state index < -0.39 is 0 Å². The molecule has 124 valence electrons. The molecule has 2 aromatic heterocycles. The molecule has 0 bridgehead atoms. The number of fused-ring (bicyclic) bond motifs is 2. The minimum atomic E-state index is 0.109. The van der Waals surface area contributed by atoms with Crippen molar-refractivity contribution in [1.29, 1.82) is 0 Å². The standard InChI is InChI=1S/C18H18ClN3OS/c1-12-11-24-17-16(12)20-15-5-6-21(7-8-22(15)18(17)23)10-13-3-2-4-14(19)9-13/h2-4,9,11H,5-8,10H2,1H3. The second kappa shape index (κ2) is 6.31. The molecule has 0 saturated carbocycles. The highest BCUT2D eigenvalue weighted by Crippen LogP contribution is 2.22. The molecule has 1 aliphatic rings. The molecule has 0 atom stereocenters. The molecular weight excluding hydrogens is 342 g/mol. The SMILES string of the molecule is Cc1csc2c(=O)n3c(nc12)CCN(Cc1cccc(Cl)c1)CC3. The summed E-state index contributed by atoms with van der Waals surface area (Å²) in [5.41, 5.74) is 3.28. The fourth-order valence-electron chi connectivity index (χ4n) is 3.24. The monoisotopic (exact) mass is 359 g/mol. The van der Waals surface area contributed by atoms with E-state index >= 15 is 0 Å². The molecule has 3 heterocycles. The first-order chi connectivity index (χ1) is 11.6. The predicted molar refractivity (Wildman–Crippen MR) is 99.1 cm³/mol. The van der Waals surface area contributed by atoms with Gasteiger partial charge in [-0.1, -0.05) is 23.7 Å². The lowest BCUT2D eigenvalue weighted by Gasteiger charge is -2.19. The van der Waals surface area contributed by atoms with Crippen molar-refractivity contribution in [2.75, 3.05) is 13.1 Å². The van der Waals surface area contributed by atoms with Crippen LogP contribution in [0, 0.1) is 6.92 Å². The van der Waals surface area contributed by atoms with Gasteiger partial charge in [0, 0.05) is 37.6 Å². The highest BCUT2D eigenvalue weighted by molar-refractivity contribution is 7.17. The Bertz CT molecular complexity index is 963. The maximum Gasteiger partial charge on any atom is 0.271 e. The van der Waals surface area contributed by atoms with Gasteiger partial charge in [0.15, 0.2) is 0 Å². The average molecular weight is 360 g/mol. The maximum absolute atomic E-state index is 12.7. The Labute approximate surface area is 149 Å². The molecule has 0 saturated heterocycles. The Morgan fingerprint density at radius 3 is 3.00 bits per heavy atom. The number of thiophene rings is 1. The van der Waals surface area contributed by atoms with Gasteiger partial charge < -0.3 is 0 Å². The third kappa shape index (κ3) is 2.88. The second-order valence-electron chi connectivity index (χ2n) is 6.24. The molecule has 0 radical (unpaired) electrons. The van der Waals surface area contributed by atoms with Gasteiger partial charge in [0.25, 0.3) is 5.56 Å². The third-order valence-electron chi connectivity index (χ3n) is 4.52. The van der Waals surface area contributed by atoms with Crippen molar-refractivity contribution in [3.05, 3.63) is 62.0 Å². The van der Waals surface area contributed by atoms with Gasteiger partial charge in [0.1, 0.15) is 10.5 Å². The molecule has 24 heavy (non-hydrogen) atoms. The summed E-state index contributed by atoms with van der Waals surface area (Å²) in [6.07, 6.45) is 0.793. The fourth-order valence-corrected chi connectivity index (χ4v) is 4.39. The van der Waals surface area contributed by atoms with Gasteiger partial charge in [-0.25, -0.2) is 4.98 Å². The zero-order valence-electron chi connectivity index (χ0n) is 13.5. The van der Waals surface area contributed by atoms with Crippen LogP contribution in [0.25, 0.3) is 10.2 Å². The van der Waals surface area contributed by atoms with Crippen LogP contribution in [0.5, 0.6) is 0 Å². The van der Waals surface area contributed by atoms with E-state index in [1.807, 2.05) is 35.1 Å². The van der Waals surface area contributed by atoms with Gasteiger partial charge in [-0.15, -0.1) is 11.3 Å². The van der Waals surface area contributed by atoms with Crippen LogP contribution in [0.3, 0.4) is 0 Å². The molecule has 4 nitrogen and oxygen atoms in total. The van der Waals surface area contributed by atoms with Crippen LogP contribution in [0.15, 0.2) is 34.4 Å². The first-order valence-corrected chi connectivity index (χ1v) is 9.32. The van der Waals surface area contributed by atoms with Crippen LogP contribution in [-0.4, -0.2) is 27.5 Å². The number of hydrogen-bond donors (Lipinski definition) is 0. The first kappa shape index (κ1) is 15.8. The van der Waals surface area contributed by atoms with Gasteiger partial charge in [-0.2, -0.15) is 0 Å². The molecule has 3 aromatic rings. The van der Waals surface area contributed by atoms with Crippen molar-refractivity contribution in [2.45, 2.75) is 26.4 Å². The largest absolute Gasteiger partial charge is 0.297 e. The normalized spacial score (nSPS) is 15.4. The van der Waals surface area contributed by atoms with Crippen LogP contribution in [0.4, 0.5) is 0 Å². The van der Waals surface area contributed by atoms with E-state index in [2.05, 4.69) is 11.0 Å². The smallest absolute Gasteiger partial charge is 0.271 e. The summed E-state index contributed by atoms with van der Waals surface area (Å²) in [5, 5.41) is 2.78. The summed E-state index contributed by atoms with van der Waals surface area (Å²) in [5.74, 6) is 0.905. The van der Waals surface area contributed by atoms with Crippen molar-refractivity contribution in [3.63, 3.8) is 0 Å². The summed E-state index contributed by atoms with van der Waals surface area (Å²) < 4.78 is 2.63. The third-order valence-corrected chi connectivity index (χ3v) is 5.83. The summed E-state index contributed by atoms with van der Waals surface area (Å²) in [7, 11) is 0. The number of aryl methyl sites for hydroxylation is 1. The van der Waals surface area contributed by atoms with Crippen LogP contribution in [0.2, 0.25) is 5.02 Å². The van der Waals surface area contributed by atoms with E-state index in [1.165, 1.54) is 16.9 Å². The molecule has 4 rings (SSSR count). The van der Waals surface area contributed by atoms with Crippen LogP contribution in [0.1, 0.15) is 17.0 Å². The highest BCUT2D eigenvalue weighted by Gasteiger charge is 2.19. The van der Waals surface area contributed by atoms with Gasteiger partial charge >= 0.3 is 0 Å². The topological polar surface area (TPSA) is 38.1 Å². The lowest BCUT2D eigenvalue weighted by Crippen LogP contribution is -2.28. The van der Waals surface area contributed by atoms with Gasteiger partial charge in [-0.05, 0) is 35.6 Å². The number of benzene rings is 1. The van der Waals surface area contributed by atoms with Crippen molar-refractivity contribution >= 4 is 33.2 Å². The van der Waals surface area contributed by atoms with Crippen molar-refractivity contribution in [2.24, 2.45) is 0 Å². The Hall–Kier alpha value is -1.69. The minimum absolute atomic E-state index is 0.109. The molecule has 0 amide bonds. The van der Waals surface area contributed by atoms with Crippen LogP contribution < -0.4 is 5.56 Å². The summed E-state index contributed by atoms with van der Waals surface area (Å²) in [4.78, 5) is 19.9. The zero-order chi connectivity index (χ0) is 16.7. The van der Waals surface area contributed by atoms with E-state index in [0.717, 1.165) is 52.7 Å². The molecule has 0 spiro atoms. The molecule has 0 aliphatic carbocycles. The van der Waals surface area contributed by atoms with E-state index in [4.69, 9.17) is 16.6 Å². The summed E-state index contributed by atoms with van der Waals surface area (Å²) in [6, 6.07) is 7.96. The van der Waals surface area contributed by atoms with E-state index in [0.29, 0.717) is 6.54 Å². The van der Waals surface area contributed by atoms with Crippen LogP contribution >= 0.6 is 22.9 Å². The summed E-state index contributed by atoms with van der Waals surface area (Å²) in [6.45, 7) is 5.29. The number of halogens is 1. The van der Waals surface area contributed by atoms with Crippen LogP contribution in [-0.2, 0) is 19.5 Å². The second-order valence-corrected chi connectivity index (χ2v) is 7.55.